The van der Waals surface area contributed by atoms with Crippen LogP contribution in [-0.2, 0) is 4.74 Å². The Balaban J connectivity index is 2.34. The lowest BCUT2D eigenvalue weighted by atomic mass is 10.8. The fourth-order valence-electron chi connectivity index (χ4n) is 0.162. The summed E-state index contributed by atoms with van der Waals surface area (Å²) in [6, 6.07) is 0. The van der Waals surface area contributed by atoms with Crippen molar-refractivity contribution in [3.05, 3.63) is 6.61 Å². The summed E-state index contributed by atoms with van der Waals surface area (Å²) in [5.41, 5.74) is 0. The Kier molecular flexibility index (Phi) is 5.84. The lowest BCUT2D eigenvalue weighted by Gasteiger charge is -1.89. The van der Waals surface area contributed by atoms with E-state index in [1.54, 1.807) is 6.61 Å². The average Bonchev–Trinajstić information content (AvgIpc) is 1.61. The highest BCUT2D eigenvalue weighted by atomic mass is 79.9. The Bertz CT molecular complexity index is 19.5. The number of hydrogen-bond donors (Lipinski definition) is 0. The molecule has 0 unspecified atom stereocenters. The van der Waals surface area contributed by atoms with E-state index in [9.17, 15) is 0 Å². The van der Waals surface area contributed by atoms with E-state index in [0.717, 1.165) is 11.9 Å². The first kappa shape index (κ1) is 6.44. The van der Waals surface area contributed by atoms with Gasteiger partial charge in [-0.1, -0.05) is 15.9 Å². The predicted molar refractivity (Wildman–Crippen MR) is 29.7 cm³/mol. The molecule has 0 aromatic rings. The molecule has 0 aromatic heterocycles. The van der Waals surface area contributed by atoms with E-state index < -0.39 is 0 Å². The molecule has 0 atom stereocenters. The zero-order valence-electron chi connectivity index (χ0n) is 3.78. The molecule has 0 rings (SSSR count). The van der Waals surface area contributed by atoms with Crippen LogP contribution < -0.4 is 0 Å². The van der Waals surface area contributed by atoms with Gasteiger partial charge >= 0.3 is 0 Å². The van der Waals surface area contributed by atoms with Gasteiger partial charge in [-0.25, -0.2) is 0 Å². The number of rotatable bonds is 3. The van der Waals surface area contributed by atoms with E-state index >= 15 is 0 Å². The van der Waals surface area contributed by atoms with Gasteiger partial charge in [0.05, 0.1) is 13.2 Å². The molecule has 0 bridgehead atoms. The van der Waals surface area contributed by atoms with Crippen LogP contribution in [0.1, 0.15) is 6.92 Å². The fourth-order valence-corrected chi connectivity index (χ4v) is 0.349. The van der Waals surface area contributed by atoms with Gasteiger partial charge in [0.2, 0.25) is 0 Å². The summed E-state index contributed by atoms with van der Waals surface area (Å²) in [5, 5.41) is 0.914. The van der Waals surface area contributed by atoms with Crippen molar-refractivity contribution in [1.82, 2.24) is 0 Å². The van der Waals surface area contributed by atoms with Gasteiger partial charge in [0.15, 0.2) is 0 Å². The van der Waals surface area contributed by atoms with Crippen molar-refractivity contribution < 1.29 is 4.74 Å². The summed E-state index contributed by atoms with van der Waals surface area (Å²) >= 11 is 3.21. The third-order valence-corrected chi connectivity index (χ3v) is 0.685. The van der Waals surface area contributed by atoms with Crippen molar-refractivity contribution in [2.24, 2.45) is 0 Å². The van der Waals surface area contributed by atoms with E-state index in [-0.39, 0.29) is 0 Å². The molecule has 0 aromatic carbocycles. The van der Waals surface area contributed by atoms with Gasteiger partial charge in [0.25, 0.3) is 0 Å². The van der Waals surface area contributed by atoms with E-state index in [2.05, 4.69) is 15.9 Å². The first-order chi connectivity index (χ1) is 2.91. The minimum Gasteiger partial charge on any atom is -0.375 e. The smallest absolute Gasteiger partial charge is 0.0806 e. The summed E-state index contributed by atoms with van der Waals surface area (Å²) < 4.78 is 4.81. The topological polar surface area (TPSA) is 9.23 Å². The van der Waals surface area contributed by atoms with Gasteiger partial charge in [-0.2, -0.15) is 0 Å². The molecule has 0 N–H and O–H groups in total. The van der Waals surface area contributed by atoms with Crippen LogP contribution in [-0.4, -0.2) is 11.9 Å². The van der Waals surface area contributed by atoms with Gasteiger partial charge in [0, 0.05) is 5.33 Å². The van der Waals surface area contributed by atoms with Crippen molar-refractivity contribution in [1.29, 1.82) is 0 Å². The third-order valence-electron chi connectivity index (χ3n) is 0.362. The molecule has 1 nitrogen and oxygen atoms in total. The molecule has 0 aliphatic heterocycles. The van der Waals surface area contributed by atoms with Gasteiger partial charge in [-0.05, 0) is 6.92 Å². The van der Waals surface area contributed by atoms with Crippen LogP contribution in [0.4, 0.5) is 0 Å². The van der Waals surface area contributed by atoms with Gasteiger partial charge in [-0.15, -0.1) is 0 Å². The van der Waals surface area contributed by atoms with Crippen LogP contribution in [0.15, 0.2) is 0 Å². The Hall–Kier alpha value is 0.440. The minimum atomic E-state index is 0.774. The second-order valence-corrected chi connectivity index (χ2v) is 1.59. The number of ether oxygens (including phenoxy) is 1. The summed E-state index contributed by atoms with van der Waals surface area (Å²) in [7, 11) is 0. The summed E-state index contributed by atoms with van der Waals surface area (Å²) in [6.45, 7) is 4.32. The standard InChI is InChI=1S/C4H8BrO/c1-2-6-4-3-5/h2H,3-4H2,1H3. The number of hydrogen-bond acceptors (Lipinski definition) is 1. The molecule has 0 aliphatic rings. The molecular weight excluding hydrogens is 144 g/mol. The zero-order valence-corrected chi connectivity index (χ0v) is 5.36. The van der Waals surface area contributed by atoms with Crippen LogP contribution in [0.2, 0.25) is 0 Å². The van der Waals surface area contributed by atoms with Crippen LogP contribution in [0.25, 0.3) is 0 Å². The molecule has 0 aliphatic carbocycles. The molecule has 0 heterocycles. The van der Waals surface area contributed by atoms with Crippen molar-refractivity contribution in [3.63, 3.8) is 0 Å². The first-order valence-corrected chi connectivity index (χ1v) is 2.99. The van der Waals surface area contributed by atoms with Crippen molar-refractivity contribution >= 4 is 15.9 Å². The zero-order chi connectivity index (χ0) is 4.83. The lowest BCUT2D eigenvalue weighted by Crippen LogP contribution is -1.87. The highest BCUT2D eigenvalue weighted by Gasteiger charge is 1.74. The van der Waals surface area contributed by atoms with E-state index in [4.69, 9.17) is 4.74 Å². The highest BCUT2D eigenvalue weighted by Crippen LogP contribution is 1.82. The number of alkyl halides is 1. The monoisotopic (exact) mass is 151 g/mol. The molecule has 0 amide bonds. The van der Waals surface area contributed by atoms with Crippen molar-refractivity contribution in [3.8, 4) is 0 Å². The summed E-state index contributed by atoms with van der Waals surface area (Å²) in [5.74, 6) is 0. The minimum absolute atomic E-state index is 0.774. The van der Waals surface area contributed by atoms with E-state index in [0.29, 0.717) is 0 Å². The molecular formula is C4H8BrO. The number of halogens is 1. The normalized spacial score (nSPS) is 9.00. The van der Waals surface area contributed by atoms with Crippen LogP contribution in [0.5, 0.6) is 0 Å². The molecule has 2 heteroatoms. The average molecular weight is 152 g/mol. The molecule has 0 saturated heterocycles. The second kappa shape index (κ2) is 5.44. The Morgan fingerprint density at radius 1 is 1.83 bits per heavy atom. The molecule has 37 valence electrons. The molecule has 0 fully saturated rings. The largest absolute Gasteiger partial charge is 0.375 e. The van der Waals surface area contributed by atoms with Crippen LogP contribution in [0, 0.1) is 6.61 Å². The lowest BCUT2D eigenvalue weighted by molar-refractivity contribution is 0.225. The Morgan fingerprint density at radius 2 is 2.50 bits per heavy atom. The van der Waals surface area contributed by atoms with E-state index in [1.165, 1.54) is 0 Å². The molecule has 0 spiro atoms. The van der Waals surface area contributed by atoms with Gasteiger partial charge < -0.3 is 4.74 Å². The second-order valence-electron chi connectivity index (χ2n) is 0.795. The molecule has 6 heavy (non-hydrogen) atoms. The predicted octanol–water partition coefficient (Wildman–Crippen LogP) is 1.58. The van der Waals surface area contributed by atoms with Gasteiger partial charge in [-0.3, -0.25) is 0 Å². The van der Waals surface area contributed by atoms with Crippen LogP contribution >= 0.6 is 15.9 Å². The Morgan fingerprint density at radius 3 is 2.67 bits per heavy atom. The maximum Gasteiger partial charge on any atom is 0.0806 e. The molecule has 1 radical (unpaired) electrons. The quantitative estimate of drug-likeness (QED) is 0.440. The summed E-state index contributed by atoms with van der Waals surface area (Å²) in [4.78, 5) is 0. The van der Waals surface area contributed by atoms with E-state index in [1.807, 2.05) is 6.92 Å². The maximum atomic E-state index is 4.81. The highest BCUT2D eigenvalue weighted by molar-refractivity contribution is 9.09. The van der Waals surface area contributed by atoms with Crippen molar-refractivity contribution in [2.75, 3.05) is 11.9 Å². The SMILES string of the molecule is C[CH]OCCBr. The van der Waals surface area contributed by atoms with Gasteiger partial charge in [0.1, 0.15) is 0 Å². The third kappa shape index (κ3) is 4.44. The van der Waals surface area contributed by atoms with Crippen LogP contribution in [0.3, 0.4) is 0 Å². The summed E-state index contributed by atoms with van der Waals surface area (Å²) in [6.07, 6.45) is 0. The molecule has 0 saturated carbocycles. The Labute approximate surface area is 46.8 Å². The first-order valence-electron chi connectivity index (χ1n) is 1.87. The fraction of sp³-hybridized carbons (Fsp3) is 0.750. The van der Waals surface area contributed by atoms with Crippen molar-refractivity contribution in [2.45, 2.75) is 6.92 Å². The maximum absolute atomic E-state index is 4.81.